The molecule has 1 N–H and O–H groups in total. The maximum Gasteiger partial charge on any atom is 0.225 e. The van der Waals surface area contributed by atoms with Crippen molar-refractivity contribution < 1.29 is 4.79 Å². The van der Waals surface area contributed by atoms with Gasteiger partial charge >= 0.3 is 0 Å². The summed E-state index contributed by atoms with van der Waals surface area (Å²) in [6.07, 6.45) is 3.24. The Kier molecular flexibility index (Phi) is 4.51. The van der Waals surface area contributed by atoms with Crippen molar-refractivity contribution in [2.24, 2.45) is 11.8 Å². The number of piperidine rings is 1. The molecule has 21 heavy (non-hydrogen) atoms. The molecule has 0 spiro atoms. The highest BCUT2D eigenvalue weighted by Gasteiger charge is 2.36. The van der Waals surface area contributed by atoms with Gasteiger partial charge in [0.05, 0.1) is 0 Å². The fourth-order valence-electron chi connectivity index (χ4n) is 3.13. The summed E-state index contributed by atoms with van der Waals surface area (Å²) in [5.41, 5.74) is 1.21. The number of carbonyl (C=O) groups excluding carboxylic acids is 1. The monoisotopic (exact) mass is 306 g/mol. The molecule has 0 radical (unpaired) electrons. The molecule has 2 atom stereocenters. The van der Waals surface area contributed by atoms with E-state index in [1.807, 2.05) is 18.2 Å². The topological polar surface area (TPSA) is 32.3 Å². The number of amides is 1. The van der Waals surface area contributed by atoms with Gasteiger partial charge in [0, 0.05) is 36.6 Å². The molecule has 3 rings (SSSR count). The number of carbonyl (C=O) groups is 1. The van der Waals surface area contributed by atoms with Gasteiger partial charge in [0.25, 0.3) is 0 Å². The molecule has 1 aromatic rings. The van der Waals surface area contributed by atoms with Gasteiger partial charge < -0.3 is 10.2 Å². The molecule has 0 unspecified atom stereocenters. The first kappa shape index (κ1) is 14.9. The number of hydrogen-bond acceptors (Lipinski definition) is 2. The zero-order chi connectivity index (χ0) is 14.8. The van der Waals surface area contributed by atoms with Crippen LogP contribution in [0.2, 0.25) is 5.02 Å². The molecule has 1 aromatic carbocycles. The second-order valence-electron chi connectivity index (χ2n) is 6.44. The first-order valence-electron chi connectivity index (χ1n) is 7.90. The van der Waals surface area contributed by atoms with Crippen LogP contribution in [-0.2, 0) is 11.3 Å². The smallest absolute Gasteiger partial charge is 0.225 e. The molecule has 1 heterocycles. The minimum Gasteiger partial charge on any atom is -0.342 e. The van der Waals surface area contributed by atoms with E-state index in [2.05, 4.69) is 23.2 Å². The molecular weight excluding hydrogens is 284 g/mol. The third-order valence-electron chi connectivity index (χ3n) is 4.60. The van der Waals surface area contributed by atoms with Crippen LogP contribution in [0, 0.1) is 11.8 Å². The lowest BCUT2D eigenvalue weighted by Crippen LogP contribution is -2.50. The van der Waals surface area contributed by atoms with Gasteiger partial charge in [0.2, 0.25) is 5.91 Å². The second-order valence-corrected chi connectivity index (χ2v) is 6.88. The summed E-state index contributed by atoms with van der Waals surface area (Å²) in [5, 5.41) is 4.41. The lowest BCUT2D eigenvalue weighted by Gasteiger charge is -2.37. The van der Waals surface area contributed by atoms with Crippen molar-refractivity contribution in [3.8, 4) is 0 Å². The van der Waals surface area contributed by atoms with Gasteiger partial charge in [-0.3, -0.25) is 4.79 Å². The molecule has 1 saturated heterocycles. The van der Waals surface area contributed by atoms with Crippen molar-refractivity contribution in [2.75, 3.05) is 13.1 Å². The predicted octanol–water partition coefficient (Wildman–Crippen LogP) is 3.08. The first-order chi connectivity index (χ1) is 10.1. The molecule has 1 aliphatic carbocycles. The molecule has 4 heteroatoms. The summed E-state index contributed by atoms with van der Waals surface area (Å²) in [6, 6.07) is 8.46. The molecular formula is C17H23ClN2O. The van der Waals surface area contributed by atoms with Crippen LogP contribution >= 0.6 is 11.6 Å². The highest BCUT2D eigenvalue weighted by molar-refractivity contribution is 6.30. The zero-order valence-corrected chi connectivity index (χ0v) is 13.3. The van der Waals surface area contributed by atoms with Crippen LogP contribution in [0.15, 0.2) is 24.3 Å². The van der Waals surface area contributed by atoms with Crippen molar-refractivity contribution in [3.05, 3.63) is 34.9 Å². The molecule has 0 bridgehead atoms. The fourth-order valence-corrected chi connectivity index (χ4v) is 3.35. The summed E-state index contributed by atoms with van der Waals surface area (Å²) in [5.74, 6) is 1.23. The van der Waals surface area contributed by atoms with Crippen molar-refractivity contribution in [2.45, 2.75) is 38.8 Å². The van der Waals surface area contributed by atoms with Crippen molar-refractivity contribution in [3.63, 3.8) is 0 Å². The zero-order valence-electron chi connectivity index (χ0n) is 12.5. The van der Waals surface area contributed by atoms with Crippen LogP contribution in [0.4, 0.5) is 0 Å². The highest BCUT2D eigenvalue weighted by atomic mass is 35.5. The Balaban J connectivity index is 1.50. The predicted molar refractivity (Wildman–Crippen MR) is 85.2 cm³/mol. The van der Waals surface area contributed by atoms with Crippen LogP contribution in [0.3, 0.4) is 0 Å². The van der Waals surface area contributed by atoms with Crippen LogP contribution < -0.4 is 5.32 Å². The van der Waals surface area contributed by atoms with E-state index in [1.165, 1.54) is 5.56 Å². The molecule has 114 valence electrons. The number of nitrogens with zero attached hydrogens (tertiary/aromatic N) is 1. The van der Waals surface area contributed by atoms with Gasteiger partial charge in [-0.2, -0.15) is 0 Å². The quantitative estimate of drug-likeness (QED) is 0.927. The Morgan fingerprint density at radius 3 is 2.86 bits per heavy atom. The van der Waals surface area contributed by atoms with Crippen molar-refractivity contribution in [1.29, 1.82) is 0 Å². The molecule has 2 fully saturated rings. The van der Waals surface area contributed by atoms with Crippen LogP contribution in [0.5, 0.6) is 0 Å². The number of rotatable bonds is 4. The number of nitrogens with one attached hydrogen (secondary N) is 1. The third-order valence-corrected chi connectivity index (χ3v) is 4.84. The molecule has 0 aromatic heterocycles. The lowest BCUT2D eigenvalue weighted by molar-refractivity contribution is -0.134. The molecule has 1 saturated carbocycles. The number of halogens is 1. The first-order valence-corrected chi connectivity index (χ1v) is 8.28. The molecule has 1 amide bonds. The second kappa shape index (κ2) is 6.37. The summed E-state index contributed by atoms with van der Waals surface area (Å²) in [4.78, 5) is 14.2. The summed E-state index contributed by atoms with van der Waals surface area (Å²) in [7, 11) is 0. The molecule has 2 aliphatic rings. The lowest BCUT2D eigenvalue weighted by atomic mass is 9.93. The maximum absolute atomic E-state index is 12.1. The number of likely N-dealkylation sites (tertiary alicyclic amines) is 1. The Labute approximate surface area is 131 Å². The summed E-state index contributed by atoms with van der Waals surface area (Å²) >= 11 is 6.01. The minimum absolute atomic E-state index is 0.341. The van der Waals surface area contributed by atoms with Gasteiger partial charge in [-0.15, -0.1) is 0 Å². The van der Waals surface area contributed by atoms with Gasteiger partial charge in [-0.1, -0.05) is 30.7 Å². The summed E-state index contributed by atoms with van der Waals surface area (Å²) < 4.78 is 0. The summed E-state index contributed by atoms with van der Waals surface area (Å²) in [6.45, 7) is 4.86. The number of benzene rings is 1. The highest BCUT2D eigenvalue weighted by Crippen LogP contribution is 2.32. The van der Waals surface area contributed by atoms with E-state index in [0.717, 1.165) is 43.9 Å². The van der Waals surface area contributed by atoms with E-state index < -0.39 is 0 Å². The molecule has 1 aliphatic heterocycles. The molecule has 3 nitrogen and oxygen atoms in total. The maximum atomic E-state index is 12.1. The van der Waals surface area contributed by atoms with Gasteiger partial charge in [-0.25, -0.2) is 0 Å². The normalized spacial score (nSPS) is 25.9. The Morgan fingerprint density at radius 1 is 1.38 bits per heavy atom. The third kappa shape index (κ3) is 3.78. The minimum atomic E-state index is 0.341. The average Bonchev–Trinajstić information content (AvgIpc) is 3.30. The van der Waals surface area contributed by atoms with Gasteiger partial charge in [0.1, 0.15) is 0 Å². The Bertz CT molecular complexity index is 515. The van der Waals surface area contributed by atoms with Crippen molar-refractivity contribution in [1.82, 2.24) is 10.2 Å². The van der Waals surface area contributed by atoms with Crippen molar-refractivity contribution >= 4 is 17.5 Å². The Hall–Kier alpha value is -1.06. The fraction of sp³-hybridized carbons (Fsp3) is 0.588. The Morgan fingerprint density at radius 2 is 2.19 bits per heavy atom. The van der Waals surface area contributed by atoms with Crippen LogP contribution in [-0.4, -0.2) is 29.9 Å². The standard InChI is InChI=1S/C17H23ClN2O/c1-12-11-20(17(21)14-5-6-14)8-7-16(12)19-10-13-3-2-4-15(18)9-13/h2-4,9,12,14,16,19H,5-8,10-11H2,1H3/t12-,16+/m0/s1. The van der Waals surface area contributed by atoms with Gasteiger partial charge in [0.15, 0.2) is 0 Å². The number of hydrogen-bond donors (Lipinski definition) is 1. The van der Waals surface area contributed by atoms with E-state index in [0.29, 0.717) is 23.8 Å². The van der Waals surface area contributed by atoms with Crippen LogP contribution in [0.1, 0.15) is 31.7 Å². The SMILES string of the molecule is C[C@H]1CN(C(=O)C2CC2)CC[C@H]1NCc1cccc(Cl)c1. The van der Waals surface area contributed by atoms with E-state index >= 15 is 0 Å². The van der Waals surface area contributed by atoms with E-state index in [4.69, 9.17) is 11.6 Å². The largest absolute Gasteiger partial charge is 0.342 e. The van der Waals surface area contributed by atoms with E-state index in [1.54, 1.807) is 0 Å². The van der Waals surface area contributed by atoms with Crippen LogP contribution in [0.25, 0.3) is 0 Å². The van der Waals surface area contributed by atoms with Gasteiger partial charge in [-0.05, 0) is 42.9 Å². The van der Waals surface area contributed by atoms with E-state index in [9.17, 15) is 4.79 Å². The van der Waals surface area contributed by atoms with E-state index in [-0.39, 0.29) is 0 Å². The average molecular weight is 307 g/mol.